The van der Waals surface area contributed by atoms with Gasteiger partial charge < -0.3 is 20.3 Å². The molecular formula is C23H27F2NO5. The van der Waals surface area contributed by atoms with Gasteiger partial charge in [0.1, 0.15) is 11.5 Å². The van der Waals surface area contributed by atoms with Crippen LogP contribution in [0.25, 0.3) is 5.57 Å². The fourth-order valence-corrected chi connectivity index (χ4v) is 3.78. The van der Waals surface area contributed by atoms with Crippen LogP contribution >= 0.6 is 0 Å². The summed E-state index contributed by atoms with van der Waals surface area (Å²) >= 11 is 0. The summed E-state index contributed by atoms with van der Waals surface area (Å²) in [6, 6.07) is 7.04. The van der Waals surface area contributed by atoms with Crippen molar-refractivity contribution < 1.29 is 33.3 Å². The molecule has 3 N–H and O–H groups in total. The predicted octanol–water partition coefficient (Wildman–Crippen LogP) is 4.63. The van der Waals surface area contributed by atoms with E-state index < -0.39 is 12.9 Å². The number of hydrogen-bond acceptors (Lipinski definition) is 4. The van der Waals surface area contributed by atoms with Gasteiger partial charge in [0.15, 0.2) is 0 Å². The lowest BCUT2D eigenvalue weighted by molar-refractivity contribution is -0.133. The number of allylic oxidation sites excluding steroid dienone is 3. The number of amides is 1. The van der Waals surface area contributed by atoms with Gasteiger partial charge >= 0.3 is 5.97 Å². The summed E-state index contributed by atoms with van der Waals surface area (Å²) in [6.07, 6.45) is 5.01. The predicted molar refractivity (Wildman–Crippen MR) is 112 cm³/mol. The third-order valence-corrected chi connectivity index (χ3v) is 5.35. The monoisotopic (exact) mass is 435 g/mol. The highest BCUT2D eigenvalue weighted by molar-refractivity contribution is 6.03. The van der Waals surface area contributed by atoms with Gasteiger partial charge in [0.05, 0.1) is 12.8 Å². The minimum atomic E-state index is -1.75. The number of methoxy groups -OCH3 is 1. The molecule has 2 aliphatic carbocycles. The van der Waals surface area contributed by atoms with Gasteiger partial charge in [0.2, 0.25) is 6.93 Å². The molecule has 0 saturated carbocycles. The maximum absolute atomic E-state index is 12.8. The lowest BCUT2D eigenvalue weighted by atomic mass is 9.97. The summed E-state index contributed by atoms with van der Waals surface area (Å²) in [4.78, 5) is 24.1. The van der Waals surface area contributed by atoms with Gasteiger partial charge in [0.25, 0.3) is 5.91 Å². The standard InChI is InChI=1S/C22H25NO5.CH2F2/c1-13-9-10-15(14-5-3-6-16(24)11-14)12-19(28-2)20(13)23-21(25)17-7-4-8-18(17)22(26)27;2-1-3/h3,5-6,11-13,24H,4,7-10H2,1-2H3,(H,23,25)(H,26,27);1H2. The average Bonchev–Trinajstić information content (AvgIpc) is 3.17. The zero-order chi connectivity index (χ0) is 23.0. The first-order valence-corrected chi connectivity index (χ1v) is 9.99. The van der Waals surface area contributed by atoms with Crippen molar-refractivity contribution >= 4 is 17.4 Å². The third kappa shape index (κ3) is 6.16. The van der Waals surface area contributed by atoms with Crippen LogP contribution in [0.2, 0.25) is 0 Å². The number of hydrogen-bond donors (Lipinski definition) is 3. The van der Waals surface area contributed by atoms with Crippen LogP contribution in [0.15, 0.2) is 52.9 Å². The second kappa shape index (κ2) is 11.3. The van der Waals surface area contributed by atoms with Crippen LogP contribution in [-0.4, -0.2) is 36.1 Å². The van der Waals surface area contributed by atoms with E-state index >= 15 is 0 Å². The molecule has 1 aromatic rings. The molecule has 0 spiro atoms. The Kier molecular flexibility index (Phi) is 8.78. The fourth-order valence-electron chi connectivity index (χ4n) is 3.78. The lowest BCUT2D eigenvalue weighted by Crippen LogP contribution is -2.29. The van der Waals surface area contributed by atoms with Crippen molar-refractivity contribution in [2.24, 2.45) is 5.92 Å². The summed E-state index contributed by atoms with van der Waals surface area (Å²) in [6.45, 7) is 0.259. The smallest absolute Gasteiger partial charge is 0.332 e. The summed E-state index contributed by atoms with van der Waals surface area (Å²) in [7, 11) is 1.55. The number of benzene rings is 1. The number of carboxylic acid groups (broad SMARTS) is 1. The Morgan fingerprint density at radius 2 is 1.87 bits per heavy atom. The van der Waals surface area contributed by atoms with E-state index in [4.69, 9.17) is 4.74 Å². The SMILES string of the molecule is COC1=C(NC(=O)C2=C(C(=O)O)CCC2)C(C)CCC(c2cccc(O)c2)=C1.FCF. The van der Waals surface area contributed by atoms with E-state index in [1.807, 2.05) is 19.1 Å². The number of phenolic OH excluding ortho intramolecular Hbond substituents is 1. The van der Waals surface area contributed by atoms with E-state index in [9.17, 15) is 28.6 Å². The van der Waals surface area contributed by atoms with E-state index in [0.29, 0.717) is 36.3 Å². The number of carbonyl (C=O) groups is 2. The van der Waals surface area contributed by atoms with Crippen molar-refractivity contribution in [2.75, 3.05) is 14.0 Å². The van der Waals surface area contributed by atoms with E-state index in [-0.39, 0.29) is 23.1 Å². The normalized spacial score (nSPS) is 18.6. The van der Waals surface area contributed by atoms with Gasteiger partial charge in [-0.25, -0.2) is 13.6 Å². The molecule has 0 radical (unpaired) electrons. The number of ether oxygens (including phenoxy) is 1. The van der Waals surface area contributed by atoms with Crippen LogP contribution in [0.3, 0.4) is 0 Å². The second-order valence-corrected chi connectivity index (χ2v) is 7.31. The van der Waals surface area contributed by atoms with Gasteiger partial charge in [-0.15, -0.1) is 0 Å². The zero-order valence-corrected chi connectivity index (χ0v) is 17.6. The Morgan fingerprint density at radius 1 is 1.19 bits per heavy atom. The van der Waals surface area contributed by atoms with Crippen LogP contribution in [0.1, 0.15) is 44.6 Å². The molecule has 0 saturated heterocycles. The van der Waals surface area contributed by atoms with Crippen molar-refractivity contribution in [3.8, 4) is 5.75 Å². The highest BCUT2D eigenvalue weighted by Gasteiger charge is 2.28. The van der Waals surface area contributed by atoms with E-state index in [1.165, 1.54) is 0 Å². The number of aliphatic carboxylic acids is 1. The average molecular weight is 435 g/mol. The minimum Gasteiger partial charge on any atom is -0.508 e. The maximum Gasteiger partial charge on any atom is 0.332 e. The number of aromatic hydroxyl groups is 1. The van der Waals surface area contributed by atoms with Crippen LogP contribution in [0.5, 0.6) is 5.75 Å². The van der Waals surface area contributed by atoms with Crippen LogP contribution in [0, 0.1) is 5.92 Å². The van der Waals surface area contributed by atoms with Crippen LogP contribution in [-0.2, 0) is 14.3 Å². The topological polar surface area (TPSA) is 95.9 Å². The quantitative estimate of drug-likeness (QED) is 0.627. The molecular weight excluding hydrogens is 408 g/mol. The maximum atomic E-state index is 12.8. The fraction of sp³-hybridized carbons (Fsp3) is 0.391. The molecule has 1 unspecified atom stereocenters. The highest BCUT2D eigenvalue weighted by atomic mass is 19.3. The molecule has 3 rings (SSSR count). The van der Waals surface area contributed by atoms with Gasteiger partial charge in [-0.1, -0.05) is 19.1 Å². The summed E-state index contributed by atoms with van der Waals surface area (Å²) in [5.41, 5.74) is 3.13. The van der Waals surface area contributed by atoms with Gasteiger partial charge in [0, 0.05) is 17.1 Å². The highest BCUT2D eigenvalue weighted by Crippen LogP contribution is 2.34. The third-order valence-electron chi connectivity index (χ3n) is 5.35. The molecule has 1 aromatic carbocycles. The van der Waals surface area contributed by atoms with Crippen molar-refractivity contribution in [3.63, 3.8) is 0 Å². The first-order valence-electron chi connectivity index (χ1n) is 9.99. The molecule has 0 heterocycles. The summed E-state index contributed by atoms with van der Waals surface area (Å²) in [5, 5.41) is 22.0. The van der Waals surface area contributed by atoms with Crippen LogP contribution in [0.4, 0.5) is 8.78 Å². The molecule has 1 atom stereocenters. The number of carbonyl (C=O) groups excluding carboxylic acids is 1. The van der Waals surface area contributed by atoms with Gasteiger partial charge in [-0.3, -0.25) is 4.79 Å². The van der Waals surface area contributed by atoms with E-state index in [1.54, 1.807) is 25.3 Å². The molecule has 1 amide bonds. The number of carboxylic acids is 1. The summed E-state index contributed by atoms with van der Waals surface area (Å²) in [5.74, 6) is -0.613. The molecule has 0 aromatic heterocycles. The molecule has 0 aliphatic heterocycles. The molecule has 31 heavy (non-hydrogen) atoms. The van der Waals surface area contributed by atoms with Crippen molar-refractivity contribution in [1.82, 2.24) is 5.32 Å². The first-order chi connectivity index (χ1) is 14.8. The molecule has 8 heteroatoms. The molecule has 0 fully saturated rings. The number of nitrogens with one attached hydrogen (secondary N) is 1. The molecule has 6 nitrogen and oxygen atoms in total. The Morgan fingerprint density at radius 3 is 2.48 bits per heavy atom. The zero-order valence-electron chi connectivity index (χ0n) is 17.6. The molecule has 2 aliphatic rings. The molecule has 0 bridgehead atoms. The van der Waals surface area contributed by atoms with Crippen LogP contribution < -0.4 is 5.32 Å². The van der Waals surface area contributed by atoms with Crippen molar-refractivity contribution in [2.45, 2.75) is 39.0 Å². The Balaban J connectivity index is 0.00000107. The number of rotatable bonds is 5. The van der Waals surface area contributed by atoms with E-state index in [2.05, 4.69) is 5.32 Å². The van der Waals surface area contributed by atoms with Gasteiger partial charge in [-0.2, -0.15) is 0 Å². The largest absolute Gasteiger partial charge is 0.508 e. The molecule has 168 valence electrons. The minimum absolute atomic E-state index is 0.0280. The Labute approximate surface area is 179 Å². The van der Waals surface area contributed by atoms with Crippen molar-refractivity contribution in [3.05, 3.63) is 58.5 Å². The van der Waals surface area contributed by atoms with Crippen molar-refractivity contribution in [1.29, 1.82) is 0 Å². The number of phenols is 1. The lowest BCUT2D eigenvalue weighted by Gasteiger charge is -2.18. The Hall–Kier alpha value is -3.16. The second-order valence-electron chi connectivity index (χ2n) is 7.31. The first kappa shape index (κ1) is 24.1. The summed E-state index contributed by atoms with van der Waals surface area (Å²) < 4.78 is 24.8. The number of alkyl halides is 2. The van der Waals surface area contributed by atoms with E-state index in [0.717, 1.165) is 24.0 Å². The van der Waals surface area contributed by atoms with Gasteiger partial charge in [-0.05, 0) is 61.4 Å². The Bertz CT molecular complexity index is 920. The number of halogens is 2.